The lowest BCUT2D eigenvalue weighted by Gasteiger charge is -2.26. The molecule has 194 valence electrons. The third-order valence-electron chi connectivity index (χ3n) is 6.50. The molecule has 1 unspecified atom stereocenters. The molecule has 1 aromatic carbocycles. The van der Waals surface area contributed by atoms with E-state index in [9.17, 15) is 14.4 Å². The van der Waals surface area contributed by atoms with E-state index in [-0.39, 0.29) is 35.0 Å². The van der Waals surface area contributed by atoms with E-state index in [1.807, 2.05) is 0 Å². The molecule has 0 radical (unpaired) electrons. The van der Waals surface area contributed by atoms with Crippen molar-refractivity contribution in [1.29, 1.82) is 0 Å². The Hall–Kier alpha value is -4.39. The summed E-state index contributed by atoms with van der Waals surface area (Å²) in [6.45, 7) is -0.151. The molecule has 13 heteroatoms. The largest absolute Gasteiger partial charge is 0.364 e. The Balaban J connectivity index is 1.25. The highest BCUT2D eigenvalue weighted by Gasteiger charge is 2.56. The van der Waals surface area contributed by atoms with E-state index in [1.165, 1.54) is 4.68 Å². The molecule has 3 aromatic heterocycles. The predicted molar refractivity (Wildman–Crippen MR) is 145 cm³/mol. The van der Waals surface area contributed by atoms with Gasteiger partial charge >= 0.3 is 0 Å². The van der Waals surface area contributed by atoms with E-state index in [1.54, 1.807) is 59.6 Å². The first-order valence-electron chi connectivity index (χ1n) is 12.0. The van der Waals surface area contributed by atoms with Crippen LogP contribution in [0.2, 0.25) is 5.15 Å². The quantitative estimate of drug-likeness (QED) is 0.216. The number of fused-ring (bicyclic) bond motifs is 2. The molecular formula is C26H20ClN8O3P. The summed E-state index contributed by atoms with van der Waals surface area (Å²) in [5.74, 6) is 4.96. The minimum atomic E-state index is -0.721. The second kappa shape index (κ2) is 10.1. The van der Waals surface area contributed by atoms with Gasteiger partial charge in [-0.15, -0.1) is 5.10 Å². The van der Waals surface area contributed by atoms with Gasteiger partial charge in [0.05, 0.1) is 11.3 Å². The number of rotatable bonds is 5. The lowest BCUT2D eigenvalue weighted by atomic mass is 10.1. The molecule has 0 bridgehead atoms. The lowest BCUT2D eigenvalue weighted by Crippen LogP contribution is -2.46. The van der Waals surface area contributed by atoms with Crippen molar-refractivity contribution in [3.05, 3.63) is 76.8 Å². The number of nitrogens with zero attached hydrogens (tertiary/aromatic N) is 6. The first-order chi connectivity index (χ1) is 18.9. The Morgan fingerprint density at radius 3 is 2.79 bits per heavy atom. The number of nitrogens with two attached hydrogens (primary N) is 1. The summed E-state index contributed by atoms with van der Waals surface area (Å²) >= 11 is 5.93. The summed E-state index contributed by atoms with van der Waals surface area (Å²) in [6.07, 6.45) is 2.14. The second-order valence-electron chi connectivity index (χ2n) is 9.07. The van der Waals surface area contributed by atoms with E-state index in [0.29, 0.717) is 48.6 Å². The number of likely N-dealkylation sites (tertiary alicyclic amines) is 1. The van der Waals surface area contributed by atoms with Crippen molar-refractivity contribution in [3.8, 4) is 11.8 Å². The molecule has 2 aliphatic heterocycles. The monoisotopic (exact) mass is 558 g/mol. The number of hydrogen-bond acceptors (Lipinski definition) is 7. The molecule has 2 aliphatic rings. The van der Waals surface area contributed by atoms with Crippen molar-refractivity contribution in [2.24, 2.45) is 5.73 Å². The third-order valence-corrected chi connectivity index (χ3v) is 8.33. The summed E-state index contributed by atoms with van der Waals surface area (Å²) in [6, 6.07) is 13.0. The fourth-order valence-corrected chi connectivity index (χ4v) is 6.34. The van der Waals surface area contributed by atoms with Gasteiger partial charge in [0.15, 0.2) is 5.69 Å². The van der Waals surface area contributed by atoms with Gasteiger partial charge in [0.2, 0.25) is 11.8 Å². The molecule has 11 nitrogen and oxygen atoms in total. The molecule has 0 saturated carbocycles. The number of carbonyl (C=O) groups excluding carboxylic acids is 3. The highest BCUT2D eigenvalue weighted by molar-refractivity contribution is 7.49. The molecule has 6 rings (SSSR count). The number of aromatic nitrogens is 5. The Kier molecular flexibility index (Phi) is 6.43. The summed E-state index contributed by atoms with van der Waals surface area (Å²) in [4.78, 5) is 44.5. The molecule has 2 saturated heterocycles. The topological polar surface area (TPSA) is 149 Å². The van der Waals surface area contributed by atoms with Gasteiger partial charge < -0.3 is 16.0 Å². The van der Waals surface area contributed by atoms with Gasteiger partial charge in [-0.3, -0.25) is 19.1 Å². The number of primary amides is 1. The number of nitrogens with one attached hydrogen (secondary N) is 1. The molecule has 3 N–H and O–H groups in total. The van der Waals surface area contributed by atoms with Gasteiger partial charge in [-0.2, -0.15) is 10.2 Å². The maximum Gasteiger partial charge on any atom is 0.269 e. The van der Waals surface area contributed by atoms with Gasteiger partial charge in [-0.1, -0.05) is 32.2 Å². The second-order valence-corrected chi connectivity index (χ2v) is 11.1. The van der Waals surface area contributed by atoms with Crippen molar-refractivity contribution < 1.29 is 14.4 Å². The highest BCUT2D eigenvalue weighted by Crippen LogP contribution is 2.59. The Morgan fingerprint density at radius 1 is 1.15 bits per heavy atom. The molecule has 0 aliphatic carbocycles. The molecular weight excluding hydrogens is 539 g/mol. The van der Waals surface area contributed by atoms with Crippen molar-refractivity contribution in [1.82, 2.24) is 29.9 Å². The summed E-state index contributed by atoms with van der Waals surface area (Å²) in [5.41, 5.74) is 7.63. The SMILES string of the molecule is NC(=O)c1nn(CC(=O)N2[C@@H]3P[C@@H]3C[C@H]2C(=O)Nc2cccc(Cl)n2)c2ccc(C#Cc3cccnn3)cc12. The lowest BCUT2D eigenvalue weighted by molar-refractivity contribution is -0.137. The first kappa shape index (κ1) is 24.9. The van der Waals surface area contributed by atoms with E-state index in [2.05, 4.69) is 37.4 Å². The van der Waals surface area contributed by atoms with E-state index in [4.69, 9.17) is 17.3 Å². The smallest absolute Gasteiger partial charge is 0.269 e. The normalized spacial score (nSPS) is 19.8. The van der Waals surface area contributed by atoms with Crippen LogP contribution in [0.25, 0.3) is 10.9 Å². The van der Waals surface area contributed by atoms with Crippen LogP contribution < -0.4 is 11.1 Å². The molecule has 39 heavy (non-hydrogen) atoms. The summed E-state index contributed by atoms with van der Waals surface area (Å²) in [5, 5.41) is 15.6. The summed E-state index contributed by atoms with van der Waals surface area (Å²) in [7, 11) is 0.592. The fraction of sp³-hybridized carbons (Fsp3) is 0.192. The van der Waals surface area contributed by atoms with Crippen LogP contribution in [0, 0.1) is 11.8 Å². The zero-order chi connectivity index (χ0) is 27.1. The van der Waals surface area contributed by atoms with Crippen LogP contribution in [0.1, 0.15) is 28.2 Å². The van der Waals surface area contributed by atoms with Crippen LogP contribution in [-0.4, -0.2) is 65.1 Å². The van der Waals surface area contributed by atoms with Gasteiger partial charge in [-0.05, 0) is 54.8 Å². The zero-order valence-electron chi connectivity index (χ0n) is 20.2. The van der Waals surface area contributed by atoms with Gasteiger partial charge in [0.1, 0.15) is 29.3 Å². The number of halogens is 1. The minimum absolute atomic E-state index is 0.0287. The number of benzene rings is 1. The highest BCUT2D eigenvalue weighted by atomic mass is 35.5. The van der Waals surface area contributed by atoms with Gasteiger partial charge in [-0.25, -0.2) is 4.98 Å². The Labute approximate surface area is 228 Å². The molecule has 5 heterocycles. The number of hydrogen-bond donors (Lipinski definition) is 2. The molecule has 3 amide bonds. The number of pyridine rings is 1. The standard InChI is InChI=1S/C26H20ClN8O3P/c27-20-4-1-5-21(30-20)31-25(38)18-12-19-26(39-19)35(18)22(36)13-34-17-9-7-14(6-8-15-3-2-10-29-32-15)11-16(17)23(33-34)24(28)37/h1-5,7,9-11,18-19,26,39H,12-13H2,(H2,28,37)(H,30,31,38)/t18-,19+,26+/m0/s1. The molecule has 2 fully saturated rings. The number of anilines is 1. The van der Waals surface area contributed by atoms with E-state index < -0.39 is 11.9 Å². The van der Waals surface area contributed by atoms with Crippen LogP contribution in [-0.2, 0) is 16.1 Å². The van der Waals surface area contributed by atoms with E-state index >= 15 is 0 Å². The zero-order valence-corrected chi connectivity index (χ0v) is 22.0. The maximum atomic E-state index is 13.5. The number of carbonyl (C=O) groups is 3. The fourth-order valence-electron chi connectivity index (χ4n) is 4.71. The maximum absolute atomic E-state index is 13.5. The van der Waals surface area contributed by atoms with Crippen LogP contribution in [0.15, 0.2) is 54.7 Å². The third kappa shape index (κ3) is 5.04. The first-order valence-corrected chi connectivity index (χ1v) is 13.5. The average molecular weight is 559 g/mol. The minimum Gasteiger partial charge on any atom is -0.364 e. The van der Waals surface area contributed by atoms with Crippen LogP contribution >= 0.6 is 20.2 Å². The summed E-state index contributed by atoms with van der Waals surface area (Å²) < 4.78 is 1.45. The molecule has 0 spiro atoms. The Bertz CT molecular complexity index is 1700. The average Bonchev–Trinajstić information content (AvgIpc) is 3.43. The van der Waals surface area contributed by atoms with Crippen LogP contribution in [0.3, 0.4) is 0 Å². The van der Waals surface area contributed by atoms with Crippen molar-refractivity contribution >= 4 is 54.6 Å². The van der Waals surface area contributed by atoms with Gasteiger partial charge in [0, 0.05) is 22.8 Å². The van der Waals surface area contributed by atoms with Crippen molar-refractivity contribution in [2.45, 2.75) is 30.4 Å². The van der Waals surface area contributed by atoms with Crippen molar-refractivity contribution in [3.63, 3.8) is 0 Å². The predicted octanol–water partition coefficient (Wildman–Crippen LogP) is 2.00. The molecule has 4 aromatic rings. The van der Waals surface area contributed by atoms with Crippen LogP contribution in [0.4, 0.5) is 5.82 Å². The Morgan fingerprint density at radius 2 is 2.03 bits per heavy atom. The van der Waals surface area contributed by atoms with E-state index in [0.717, 1.165) is 0 Å². The van der Waals surface area contributed by atoms with Crippen molar-refractivity contribution in [2.75, 3.05) is 5.32 Å². The van der Waals surface area contributed by atoms with Crippen LogP contribution in [0.5, 0.6) is 0 Å². The number of amides is 3. The van der Waals surface area contributed by atoms with Gasteiger partial charge in [0.25, 0.3) is 5.91 Å². The molecule has 4 atom stereocenters.